The molecule has 3 aromatic rings. The Bertz CT molecular complexity index is 1190. The predicted molar refractivity (Wildman–Crippen MR) is 137 cm³/mol. The SMILES string of the molecule is CC(C)CN1CCCC(C(=O)Cc2cc3cc(-c4cnn5c4CN(CCF)CC5)ccc3cn2)C1. The fraction of sp³-hybridized carbons (Fsp3) is 0.536. The zero-order valence-electron chi connectivity index (χ0n) is 20.9. The van der Waals surface area contributed by atoms with Gasteiger partial charge in [0.25, 0.3) is 0 Å². The summed E-state index contributed by atoms with van der Waals surface area (Å²) in [4.78, 5) is 22.3. The number of piperidine rings is 1. The van der Waals surface area contributed by atoms with E-state index in [1.807, 2.05) is 17.1 Å². The van der Waals surface area contributed by atoms with Crippen molar-refractivity contribution in [1.29, 1.82) is 0 Å². The average molecular weight is 478 g/mol. The zero-order valence-corrected chi connectivity index (χ0v) is 20.9. The molecule has 1 unspecified atom stereocenters. The van der Waals surface area contributed by atoms with E-state index in [0.717, 1.165) is 78.9 Å². The molecular weight excluding hydrogens is 441 g/mol. The molecule has 0 amide bonds. The maximum atomic E-state index is 13.1. The van der Waals surface area contributed by atoms with Crippen molar-refractivity contribution in [3.8, 4) is 11.1 Å². The van der Waals surface area contributed by atoms with Crippen molar-refractivity contribution >= 4 is 16.6 Å². The Balaban J connectivity index is 1.33. The molecule has 6 nitrogen and oxygen atoms in total. The highest BCUT2D eigenvalue weighted by atomic mass is 19.1. The van der Waals surface area contributed by atoms with Crippen molar-refractivity contribution in [1.82, 2.24) is 24.6 Å². The van der Waals surface area contributed by atoms with Crippen molar-refractivity contribution in [3.63, 3.8) is 0 Å². The number of halogens is 1. The predicted octanol–water partition coefficient (Wildman–Crippen LogP) is 4.36. The molecule has 35 heavy (non-hydrogen) atoms. The Morgan fingerprint density at radius 2 is 2.00 bits per heavy atom. The van der Waals surface area contributed by atoms with Gasteiger partial charge in [-0.25, -0.2) is 4.39 Å². The lowest BCUT2D eigenvalue weighted by molar-refractivity contribution is -0.124. The third kappa shape index (κ3) is 5.46. The lowest BCUT2D eigenvalue weighted by Gasteiger charge is -2.33. The summed E-state index contributed by atoms with van der Waals surface area (Å²) in [6, 6.07) is 8.42. The third-order valence-corrected chi connectivity index (χ3v) is 7.38. The smallest absolute Gasteiger partial charge is 0.143 e. The molecule has 5 rings (SSSR count). The second kappa shape index (κ2) is 10.5. The van der Waals surface area contributed by atoms with E-state index in [9.17, 15) is 9.18 Å². The van der Waals surface area contributed by atoms with Gasteiger partial charge in [0.05, 0.1) is 18.4 Å². The summed E-state index contributed by atoms with van der Waals surface area (Å²) in [5, 5.41) is 6.72. The van der Waals surface area contributed by atoms with Crippen LogP contribution in [0, 0.1) is 11.8 Å². The summed E-state index contributed by atoms with van der Waals surface area (Å²) in [5.41, 5.74) is 4.17. The summed E-state index contributed by atoms with van der Waals surface area (Å²) >= 11 is 0. The summed E-state index contributed by atoms with van der Waals surface area (Å²) in [6.07, 6.45) is 6.27. The molecule has 4 heterocycles. The Labute approximate surface area is 207 Å². The number of benzene rings is 1. The standard InChI is InChI=1S/C28H36FN5O/c1-20(2)17-33-8-3-4-23(18-33)28(35)14-25-13-24-12-21(5-6-22(24)15-30-25)26-16-31-34-11-10-32(9-7-29)19-27(26)34/h5-6,12-13,15-16,20,23H,3-4,7-11,14,17-19H2,1-2H3. The maximum Gasteiger partial charge on any atom is 0.143 e. The number of alkyl halides is 1. The second-order valence-corrected chi connectivity index (χ2v) is 10.6. The highest BCUT2D eigenvalue weighted by Crippen LogP contribution is 2.30. The number of hydrogen-bond acceptors (Lipinski definition) is 5. The van der Waals surface area contributed by atoms with Gasteiger partial charge >= 0.3 is 0 Å². The topological polar surface area (TPSA) is 54.3 Å². The van der Waals surface area contributed by atoms with Crippen LogP contribution in [0.25, 0.3) is 21.9 Å². The first-order valence-corrected chi connectivity index (χ1v) is 13.0. The minimum atomic E-state index is -0.329. The number of nitrogens with zero attached hydrogens (tertiary/aromatic N) is 5. The number of pyridine rings is 1. The molecule has 1 aromatic carbocycles. The van der Waals surface area contributed by atoms with Gasteiger partial charge in [-0.15, -0.1) is 0 Å². The van der Waals surface area contributed by atoms with Crippen LogP contribution >= 0.6 is 0 Å². The van der Waals surface area contributed by atoms with Gasteiger partial charge in [-0.05, 0) is 48.4 Å². The van der Waals surface area contributed by atoms with Gasteiger partial charge < -0.3 is 4.90 Å². The molecule has 0 bridgehead atoms. The molecular formula is C28H36FN5O. The number of likely N-dealkylation sites (tertiary alicyclic amines) is 1. The number of aromatic nitrogens is 3. The number of carbonyl (C=O) groups excluding carboxylic acids is 1. The lowest BCUT2D eigenvalue weighted by atomic mass is 9.90. The Hall–Kier alpha value is -2.64. The molecule has 0 spiro atoms. The van der Waals surface area contributed by atoms with Gasteiger partial charge in [0.1, 0.15) is 12.5 Å². The van der Waals surface area contributed by atoms with Crippen LogP contribution in [0.2, 0.25) is 0 Å². The lowest BCUT2D eigenvalue weighted by Crippen LogP contribution is -2.40. The second-order valence-electron chi connectivity index (χ2n) is 10.6. The number of Topliss-reactive ketones (excluding diaryl/α,β-unsaturated/α-hetero) is 1. The van der Waals surface area contributed by atoms with Crippen LogP contribution in [0.5, 0.6) is 0 Å². The van der Waals surface area contributed by atoms with E-state index >= 15 is 0 Å². The van der Waals surface area contributed by atoms with Crippen LogP contribution < -0.4 is 0 Å². The van der Waals surface area contributed by atoms with E-state index < -0.39 is 0 Å². The number of fused-ring (bicyclic) bond motifs is 2. The largest absolute Gasteiger partial charge is 0.302 e. The maximum absolute atomic E-state index is 13.1. The minimum absolute atomic E-state index is 0.109. The van der Waals surface area contributed by atoms with Crippen molar-refractivity contribution < 1.29 is 9.18 Å². The molecule has 1 atom stereocenters. The fourth-order valence-corrected chi connectivity index (χ4v) is 5.62. The molecule has 0 saturated carbocycles. The molecule has 7 heteroatoms. The Morgan fingerprint density at radius 1 is 1.11 bits per heavy atom. The number of ketones is 1. The van der Waals surface area contributed by atoms with Gasteiger partial charge in [0.2, 0.25) is 0 Å². The van der Waals surface area contributed by atoms with Crippen molar-refractivity contribution in [3.05, 3.63) is 48.0 Å². The van der Waals surface area contributed by atoms with Gasteiger partial charge in [-0.3, -0.25) is 19.4 Å². The summed E-state index contributed by atoms with van der Waals surface area (Å²) in [6.45, 7) is 9.96. The summed E-state index contributed by atoms with van der Waals surface area (Å²) in [5.74, 6) is 1.03. The molecule has 0 aliphatic carbocycles. The van der Waals surface area contributed by atoms with Crippen molar-refractivity contribution in [2.24, 2.45) is 11.8 Å². The summed E-state index contributed by atoms with van der Waals surface area (Å²) in [7, 11) is 0. The highest BCUT2D eigenvalue weighted by Gasteiger charge is 2.26. The van der Waals surface area contributed by atoms with Crippen molar-refractivity contribution in [2.75, 3.05) is 39.4 Å². The van der Waals surface area contributed by atoms with Crippen LogP contribution in [0.4, 0.5) is 4.39 Å². The number of rotatable bonds is 8. The van der Waals surface area contributed by atoms with Gasteiger partial charge in [0.15, 0.2) is 0 Å². The molecule has 0 N–H and O–H groups in total. The van der Waals surface area contributed by atoms with Crippen LogP contribution in [0.15, 0.2) is 36.7 Å². The monoisotopic (exact) mass is 477 g/mol. The van der Waals surface area contributed by atoms with Gasteiger partial charge in [-0.2, -0.15) is 5.10 Å². The third-order valence-electron chi connectivity index (χ3n) is 7.38. The number of hydrogen-bond donors (Lipinski definition) is 0. The first-order valence-electron chi connectivity index (χ1n) is 13.0. The molecule has 186 valence electrons. The van der Waals surface area contributed by atoms with Gasteiger partial charge in [-0.1, -0.05) is 26.0 Å². The van der Waals surface area contributed by atoms with Crippen LogP contribution in [0.1, 0.15) is 38.1 Å². The summed E-state index contributed by atoms with van der Waals surface area (Å²) < 4.78 is 14.9. The average Bonchev–Trinajstić information content (AvgIpc) is 3.27. The quantitative estimate of drug-likeness (QED) is 0.483. The van der Waals surface area contributed by atoms with E-state index in [0.29, 0.717) is 31.2 Å². The van der Waals surface area contributed by atoms with E-state index in [1.165, 1.54) is 0 Å². The van der Waals surface area contributed by atoms with Crippen LogP contribution in [-0.4, -0.2) is 69.7 Å². The van der Waals surface area contributed by atoms with E-state index in [-0.39, 0.29) is 12.6 Å². The van der Waals surface area contributed by atoms with Crippen LogP contribution in [-0.2, 0) is 24.3 Å². The zero-order chi connectivity index (χ0) is 24.4. The number of carbonyl (C=O) groups is 1. The minimum Gasteiger partial charge on any atom is -0.302 e. The van der Waals surface area contributed by atoms with Crippen molar-refractivity contribution in [2.45, 2.75) is 46.2 Å². The highest BCUT2D eigenvalue weighted by molar-refractivity contribution is 5.89. The molecule has 0 radical (unpaired) electrons. The fourth-order valence-electron chi connectivity index (χ4n) is 5.62. The van der Waals surface area contributed by atoms with E-state index in [4.69, 9.17) is 0 Å². The Morgan fingerprint density at radius 3 is 2.83 bits per heavy atom. The first-order chi connectivity index (χ1) is 17.0. The van der Waals surface area contributed by atoms with E-state index in [1.54, 1.807) is 0 Å². The van der Waals surface area contributed by atoms with Crippen LogP contribution in [0.3, 0.4) is 0 Å². The van der Waals surface area contributed by atoms with E-state index in [2.05, 4.69) is 58.0 Å². The first kappa shape index (κ1) is 24.1. The molecule has 2 aliphatic heterocycles. The Kier molecular flexibility index (Phi) is 7.25. The molecule has 2 aromatic heterocycles. The molecule has 1 saturated heterocycles. The normalized spacial score (nSPS) is 19.4. The molecule has 2 aliphatic rings. The molecule has 1 fully saturated rings. The van der Waals surface area contributed by atoms with Gasteiger partial charge in [0, 0.05) is 67.9 Å².